The van der Waals surface area contributed by atoms with Gasteiger partial charge < -0.3 is 0 Å². The summed E-state index contributed by atoms with van der Waals surface area (Å²) in [4.78, 5) is 4.51. The molecule has 0 fully saturated rings. The first-order valence-electron chi connectivity index (χ1n) is 10.0. The van der Waals surface area contributed by atoms with Crippen LogP contribution in [0.2, 0.25) is 0 Å². The molecule has 2 heterocycles. The zero-order chi connectivity index (χ0) is 18.6. The van der Waals surface area contributed by atoms with Crippen LogP contribution in [-0.2, 0) is 22.0 Å². The lowest BCUT2D eigenvalue weighted by atomic mass is 9.78. The number of nitrogens with zero attached hydrogens (tertiary/aromatic N) is 1. The van der Waals surface area contributed by atoms with E-state index in [1.165, 1.54) is 11.1 Å². The third kappa shape index (κ3) is 3.38. The van der Waals surface area contributed by atoms with E-state index in [1.807, 2.05) is 18.3 Å². The Morgan fingerprint density at radius 1 is 1.15 bits per heavy atom. The number of benzene rings is 1. The number of aryl methyl sites for hydroxylation is 1. The number of fused-ring (bicyclic) bond motifs is 1. The van der Waals surface area contributed by atoms with Crippen molar-refractivity contribution in [2.45, 2.75) is 69.3 Å². The van der Waals surface area contributed by atoms with Crippen molar-refractivity contribution in [1.29, 1.82) is 0 Å². The van der Waals surface area contributed by atoms with Crippen molar-refractivity contribution in [3.8, 4) is 0 Å². The van der Waals surface area contributed by atoms with Crippen LogP contribution in [0.4, 0.5) is 0 Å². The van der Waals surface area contributed by atoms with E-state index >= 15 is 0 Å². The molecule has 1 aromatic carbocycles. The first-order valence-corrected chi connectivity index (χ1v) is 11.3. The van der Waals surface area contributed by atoms with Crippen molar-refractivity contribution in [3.63, 3.8) is 0 Å². The summed E-state index contributed by atoms with van der Waals surface area (Å²) in [6.07, 6.45) is 8.01. The molecular weight excluding hydrogens is 338 g/mol. The summed E-state index contributed by atoms with van der Waals surface area (Å²) in [6, 6.07) is 14.8. The van der Waals surface area contributed by atoms with Gasteiger partial charge in [0.15, 0.2) is 0 Å². The molecule has 1 aliphatic heterocycles. The molecule has 0 radical (unpaired) electrons. The van der Waals surface area contributed by atoms with E-state index in [1.54, 1.807) is 0 Å². The minimum atomic E-state index is -0.886. The molecule has 4 unspecified atom stereocenters. The summed E-state index contributed by atoms with van der Waals surface area (Å²) in [5.74, 6) is 0.389. The Morgan fingerprint density at radius 3 is 2.62 bits per heavy atom. The summed E-state index contributed by atoms with van der Waals surface area (Å²) in [5, 5.41) is 0.184. The molecule has 0 N–H and O–H groups in total. The van der Waals surface area contributed by atoms with Crippen LogP contribution in [-0.4, -0.2) is 9.19 Å². The Morgan fingerprint density at radius 2 is 1.92 bits per heavy atom. The lowest BCUT2D eigenvalue weighted by Crippen LogP contribution is -2.36. The minimum Gasteiger partial charge on any atom is -0.261 e. The molecule has 0 bridgehead atoms. The largest absolute Gasteiger partial charge is 0.261 e. The standard InChI is InChI=1S/C23H31NOS/c1-4-6-14-22-20-12-7-8-13-21(20)23(26(22)25,18(3)5-2)16-15-19-11-9-10-17-24-19/h7-13,17-18,22H,4-6,14-16H2,1-3H3. The van der Waals surface area contributed by atoms with Gasteiger partial charge in [-0.3, -0.25) is 9.19 Å². The van der Waals surface area contributed by atoms with E-state index in [-0.39, 0.29) is 10.00 Å². The van der Waals surface area contributed by atoms with Gasteiger partial charge in [0.1, 0.15) is 0 Å². The van der Waals surface area contributed by atoms with E-state index in [0.717, 1.165) is 44.2 Å². The van der Waals surface area contributed by atoms with Gasteiger partial charge in [-0.2, -0.15) is 0 Å². The van der Waals surface area contributed by atoms with E-state index in [2.05, 4.69) is 56.1 Å². The number of pyridine rings is 1. The highest BCUT2D eigenvalue weighted by Crippen LogP contribution is 2.55. The lowest BCUT2D eigenvalue weighted by molar-refractivity contribution is 0.371. The molecule has 0 aliphatic carbocycles. The number of hydrogen-bond acceptors (Lipinski definition) is 2. The van der Waals surface area contributed by atoms with Gasteiger partial charge in [-0.1, -0.05) is 70.4 Å². The maximum atomic E-state index is 13.9. The molecule has 1 aliphatic rings. The zero-order valence-electron chi connectivity index (χ0n) is 16.3. The zero-order valence-corrected chi connectivity index (χ0v) is 17.1. The van der Waals surface area contributed by atoms with Crippen molar-refractivity contribution < 1.29 is 4.21 Å². The fourth-order valence-electron chi connectivity index (χ4n) is 4.43. The second kappa shape index (κ2) is 8.47. The monoisotopic (exact) mass is 369 g/mol. The van der Waals surface area contributed by atoms with Crippen molar-refractivity contribution in [1.82, 2.24) is 4.98 Å². The Bertz CT molecular complexity index is 745. The summed E-state index contributed by atoms with van der Waals surface area (Å²) in [6.45, 7) is 6.73. The molecule has 0 amide bonds. The van der Waals surface area contributed by atoms with Crippen molar-refractivity contribution in [2.24, 2.45) is 5.92 Å². The summed E-state index contributed by atoms with van der Waals surface area (Å²) in [7, 11) is -0.886. The smallest absolute Gasteiger partial charge is 0.0745 e. The molecule has 4 atom stereocenters. The topological polar surface area (TPSA) is 30.0 Å². The second-order valence-electron chi connectivity index (χ2n) is 7.54. The molecule has 26 heavy (non-hydrogen) atoms. The van der Waals surface area contributed by atoms with Crippen LogP contribution >= 0.6 is 0 Å². The van der Waals surface area contributed by atoms with Gasteiger partial charge >= 0.3 is 0 Å². The molecule has 3 rings (SSSR count). The SMILES string of the molecule is CCCCC1c2ccccc2C(CCc2ccccn2)(C(C)CC)S1=O. The van der Waals surface area contributed by atoms with Gasteiger partial charge in [0.25, 0.3) is 0 Å². The quantitative estimate of drug-likeness (QED) is 0.575. The predicted octanol–water partition coefficient (Wildman–Crippen LogP) is 5.95. The van der Waals surface area contributed by atoms with Crippen LogP contribution in [0.25, 0.3) is 0 Å². The summed E-state index contributed by atoms with van der Waals surface area (Å²) < 4.78 is 13.7. The fraction of sp³-hybridized carbons (Fsp3) is 0.522. The average molecular weight is 370 g/mol. The van der Waals surface area contributed by atoms with E-state index in [0.29, 0.717) is 5.92 Å². The Labute approximate surface area is 160 Å². The van der Waals surface area contributed by atoms with E-state index in [9.17, 15) is 4.21 Å². The number of hydrogen-bond donors (Lipinski definition) is 0. The van der Waals surface area contributed by atoms with Gasteiger partial charge in [-0.25, -0.2) is 0 Å². The molecule has 0 saturated carbocycles. The predicted molar refractivity (Wildman–Crippen MR) is 111 cm³/mol. The number of rotatable bonds is 8. The van der Waals surface area contributed by atoms with Crippen LogP contribution in [0.5, 0.6) is 0 Å². The molecule has 3 heteroatoms. The van der Waals surface area contributed by atoms with Crippen LogP contribution < -0.4 is 0 Å². The first-order chi connectivity index (χ1) is 12.6. The van der Waals surface area contributed by atoms with E-state index in [4.69, 9.17) is 0 Å². The van der Waals surface area contributed by atoms with Gasteiger partial charge in [-0.15, -0.1) is 0 Å². The van der Waals surface area contributed by atoms with E-state index < -0.39 is 10.8 Å². The normalized spacial score (nSPS) is 25.8. The van der Waals surface area contributed by atoms with Gasteiger partial charge in [0.05, 0.1) is 10.00 Å². The van der Waals surface area contributed by atoms with Crippen LogP contribution in [0.1, 0.15) is 74.9 Å². The van der Waals surface area contributed by atoms with Gasteiger partial charge in [0, 0.05) is 22.7 Å². The third-order valence-corrected chi connectivity index (χ3v) is 8.64. The minimum absolute atomic E-state index is 0.184. The maximum Gasteiger partial charge on any atom is 0.0745 e. The Kier molecular flexibility index (Phi) is 6.29. The van der Waals surface area contributed by atoms with Crippen molar-refractivity contribution >= 4 is 10.8 Å². The molecule has 140 valence electrons. The maximum absolute atomic E-state index is 13.9. The molecule has 0 saturated heterocycles. The highest BCUT2D eigenvalue weighted by atomic mass is 32.2. The number of unbranched alkanes of at least 4 members (excludes halogenated alkanes) is 1. The fourth-order valence-corrected chi connectivity index (χ4v) is 7.02. The molecule has 0 spiro atoms. The van der Waals surface area contributed by atoms with Crippen molar-refractivity contribution in [2.75, 3.05) is 0 Å². The number of aromatic nitrogens is 1. The molecular formula is C23H31NOS. The lowest BCUT2D eigenvalue weighted by Gasteiger charge is -2.36. The second-order valence-corrected chi connectivity index (χ2v) is 9.43. The molecule has 2 nitrogen and oxygen atoms in total. The first kappa shape index (κ1) is 19.3. The van der Waals surface area contributed by atoms with Crippen LogP contribution in [0.3, 0.4) is 0 Å². The highest BCUT2D eigenvalue weighted by Gasteiger charge is 2.52. The van der Waals surface area contributed by atoms with Crippen LogP contribution in [0.15, 0.2) is 48.7 Å². The van der Waals surface area contributed by atoms with Crippen molar-refractivity contribution in [3.05, 3.63) is 65.5 Å². The van der Waals surface area contributed by atoms with Crippen LogP contribution in [0, 0.1) is 5.92 Å². The molecule has 1 aromatic heterocycles. The summed E-state index contributed by atoms with van der Waals surface area (Å²) >= 11 is 0. The van der Waals surface area contributed by atoms with Gasteiger partial charge in [-0.05, 0) is 48.4 Å². The van der Waals surface area contributed by atoms with Gasteiger partial charge in [0.2, 0.25) is 0 Å². The highest BCUT2D eigenvalue weighted by molar-refractivity contribution is 7.86. The third-order valence-electron chi connectivity index (χ3n) is 6.09. The molecule has 2 aromatic rings. The average Bonchev–Trinajstić information content (AvgIpc) is 2.93. The Hall–Kier alpha value is -1.48. The summed E-state index contributed by atoms with van der Waals surface area (Å²) in [5.41, 5.74) is 3.77. The Balaban J connectivity index is 2.01.